The molecule has 2 heterocycles. The summed E-state index contributed by atoms with van der Waals surface area (Å²) in [5.74, 6) is 1.34. The van der Waals surface area contributed by atoms with E-state index in [1.54, 1.807) is 16.7 Å². The molecule has 0 radical (unpaired) electrons. The van der Waals surface area contributed by atoms with Gasteiger partial charge in [-0.25, -0.2) is 0 Å². The van der Waals surface area contributed by atoms with Crippen molar-refractivity contribution in [3.05, 3.63) is 0 Å². The average molecular weight is 243 g/mol. The molecule has 6 heteroatoms. The standard InChI is InChI=1S/C10H17N3O2S/c11-9(14)7-2-1-3-13(4-7)10(15)8-5-16-6-12-8/h7-8,12H,1-6H2,(H2,11,14). The number of hydrogen-bond acceptors (Lipinski definition) is 4. The van der Waals surface area contributed by atoms with Gasteiger partial charge in [0.2, 0.25) is 11.8 Å². The highest BCUT2D eigenvalue weighted by Crippen LogP contribution is 2.19. The van der Waals surface area contributed by atoms with Gasteiger partial charge in [-0.15, -0.1) is 11.8 Å². The van der Waals surface area contributed by atoms with Gasteiger partial charge in [-0.2, -0.15) is 0 Å². The Morgan fingerprint density at radius 1 is 1.44 bits per heavy atom. The van der Waals surface area contributed by atoms with Gasteiger partial charge in [0.05, 0.1) is 12.0 Å². The van der Waals surface area contributed by atoms with E-state index in [9.17, 15) is 9.59 Å². The molecule has 0 aromatic carbocycles. The van der Waals surface area contributed by atoms with Crippen LogP contribution in [-0.2, 0) is 9.59 Å². The number of nitrogens with one attached hydrogen (secondary N) is 1. The summed E-state index contributed by atoms with van der Waals surface area (Å²) >= 11 is 1.73. The second-order valence-corrected chi connectivity index (χ2v) is 5.33. The van der Waals surface area contributed by atoms with E-state index in [-0.39, 0.29) is 23.8 Å². The summed E-state index contributed by atoms with van der Waals surface area (Å²) in [7, 11) is 0. The molecule has 2 rings (SSSR count). The third-order valence-electron chi connectivity index (χ3n) is 3.15. The van der Waals surface area contributed by atoms with Crippen LogP contribution < -0.4 is 11.1 Å². The van der Waals surface area contributed by atoms with Crippen molar-refractivity contribution in [3.8, 4) is 0 Å². The molecule has 0 aromatic heterocycles. The van der Waals surface area contributed by atoms with Crippen LogP contribution >= 0.6 is 11.8 Å². The summed E-state index contributed by atoms with van der Waals surface area (Å²) < 4.78 is 0. The van der Waals surface area contributed by atoms with E-state index in [2.05, 4.69) is 5.32 Å². The minimum Gasteiger partial charge on any atom is -0.369 e. The largest absolute Gasteiger partial charge is 0.369 e. The molecular weight excluding hydrogens is 226 g/mol. The highest BCUT2D eigenvalue weighted by Gasteiger charge is 2.32. The van der Waals surface area contributed by atoms with Crippen molar-refractivity contribution in [3.63, 3.8) is 0 Å². The first-order valence-corrected chi connectivity index (χ1v) is 6.73. The fourth-order valence-electron chi connectivity index (χ4n) is 2.18. The summed E-state index contributed by atoms with van der Waals surface area (Å²) in [6.07, 6.45) is 1.69. The Bertz CT molecular complexity index is 292. The number of carbonyl (C=O) groups excluding carboxylic acids is 2. The number of primary amides is 1. The van der Waals surface area contributed by atoms with Crippen molar-refractivity contribution in [1.82, 2.24) is 10.2 Å². The molecule has 2 aliphatic heterocycles. The number of nitrogens with zero attached hydrogens (tertiary/aromatic N) is 1. The lowest BCUT2D eigenvalue weighted by Gasteiger charge is -2.32. The summed E-state index contributed by atoms with van der Waals surface area (Å²) in [4.78, 5) is 25.0. The highest BCUT2D eigenvalue weighted by molar-refractivity contribution is 7.99. The minimum absolute atomic E-state index is 0.0726. The molecule has 0 spiro atoms. The van der Waals surface area contributed by atoms with E-state index in [0.717, 1.165) is 31.0 Å². The van der Waals surface area contributed by atoms with Crippen molar-refractivity contribution in [2.24, 2.45) is 11.7 Å². The van der Waals surface area contributed by atoms with Gasteiger partial charge in [-0.1, -0.05) is 0 Å². The molecule has 0 aromatic rings. The fourth-order valence-corrected chi connectivity index (χ4v) is 3.12. The molecule has 2 saturated heterocycles. The molecule has 0 saturated carbocycles. The predicted octanol–water partition coefficient (Wildman–Crippen LogP) is -0.627. The predicted molar refractivity (Wildman–Crippen MR) is 62.7 cm³/mol. The number of hydrogen-bond donors (Lipinski definition) is 2. The average Bonchev–Trinajstić information content (AvgIpc) is 2.81. The molecule has 2 atom stereocenters. The van der Waals surface area contributed by atoms with Gasteiger partial charge in [0, 0.05) is 24.7 Å². The van der Waals surface area contributed by atoms with Crippen molar-refractivity contribution >= 4 is 23.6 Å². The maximum Gasteiger partial charge on any atom is 0.240 e. The van der Waals surface area contributed by atoms with Gasteiger partial charge in [-0.3, -0.25) is 14.9 Å². The zero-order valence-corrected chi connectivity index (χ0v) is 9.96. The van der Waals surface area contributed by atoms with Gasteiger partial charge in [0.15, 0.2) is 0 Å². The number of nitrogens with two attached hydrogens (primary N) is 1. The Labute approximate surface area is 99.1 Å². The van der Waals surface area contributed by atoms with Crippen LogP contribution in [0.4, 0.5) is 0 Å². The molecule has 2 aliphatic rings. The SMILES string of the molecule is NC(=O)C1CCCN(C(=O)C2CSCN2)C1. The number of likely N-dealkylation sites (tertiary alicyclic amines) is 1. The second kappa shape index (κ2) is 5.05. The van der Waals surface area contributed by atoms with Crippen molar-refractivity contribution in [1.29, 1.82) is 0 Å². The normalized spacial score (nSPS) is 30.4. The van der Waals surface area contributed by atoms with E-state index in [0.29, 0.717) is 6.54 Å². The van der Waals surface area contributed by atoms with Crippen LogP contribution in [0.3, 0.4) is 0 Å². The maximum atomic E-state index is 12.1. The Kier molecular flexibility index (Phi) is 3.70. The summed E-state index contributed by atoms with van der Waals surface area (Å²) in [5.41, 5.74) is 5.29. The van der Waals surface area contributed by atoms with Crippen LogP contribution in [0, 0.1) is 5.92 Å². The number of amides is 2. The molecule has 3 N–H and O–H groups in total. The fraction of sp³-hybridized carbons (Fsp3) is 0.800. The van der Waals surface area contributed by atoms with Crippen molar-refractivity contribution in [2.45, 2.75) is 18.9 Å². The first-order valence-electron chi connectivity index (χ1n) is 5.57. The van der Waals surface area contributed by atoms with Crippen LogP contribution in [-0.4, -0.2) is 47.5 Å². The van der Waals surface area contributed by atoms with Crippen LogP contribution in [0.1, 0.15) is 12.8 Å². The maximum absolute atomic E-state index is 12.1. The molecule has 90 valence electrons. The molecule has 2 unspecified atom stereocenters. The van der Waals surface area contributed by atoms with E-state index in [1.807, 2.05) is 0 Å². The third kappa shape index (κ3) is 2.49. The van der Waals surface area contributed by atoms with Gasteiger partial charge < -0.3 is 10.6 Å². The lowest BCUT2D eigenvalue weighted by Crippen LogP contribution is -2.50. The molecule has 2 fully saturated rings. The smallest absolute Gasteiger partial charge is 0.240 e. The number of thioether (sulfide) groups is 1. The van der Waals surface area contributed by atoms with Gasteiger partial charge in [0.25, 0.3) is 0 Å². The van der Waals surface area contributed by atoms with E-state index in [1.165, 1.54) is 0 Å². The Balaban J connectivity index is 1.93. The summed E-state index contributed by atoms with van der Waals surface area (Å²) in [6.45, 7) is 1.25. The van der Waals surface area contributed by atoms with Gasteiger partial charge >= 0.3 is 0 Å². The van der Waals surface area contributed by atoms with Crippen LogP contribution in [0.2, 0.25) is 0 Å². The van der Waals surface area contributed by atoms with Crippen molar-refractivity contribution < 1.29 is 9.59 Å². The van der Waals surface area contributed by atoms with Crippen molar-refractivity contribution in [2.75, 3.05) is 24.7 Å². The lowest BCUT2D eigenvalue weighted by atomic mass is 9.97. The summed E-state index contributed by atoms with van der Waals surface area (Å²) in [5, 5.41) is 3.15. The monoisotopic (exact) mass is 243 g/mol. The zero-order valence-electron chi connectivity index (χ0n) is 9.15. The van der Waals surface area contributed by atoms with E-state index in [4.69, 9.17) is 5.73 Å². The van der Waals surface area contributed by atoms with Gasteiger partial charge in [0.1, 0.15) is 0 Å². The zero-order chi connectivity index (χ0) is 11.5. The number of piperidine rings is 1. The third-order valence-corrected chi connectivity index (χ3v) is 4.09. The van der Waals surface area contributed by atoms with Crippen LogP contribution in [0.15, 0.2) is 0 Å². The van der Waals surface area contributed by atoms with E-state index < -0.39 is 0 Å². The topological polar surface area (TPSA) is 75.4 Å². The molecule has 0 bridgehead atoms. The molecular formula is C10H17N3O2S. The highest BCUT2D eigenvalue weighted by atomic mass is 32.2. The van der Waals surface area contributed by atoms with Crippen LogP contribution in [0.5, 0.6) is 0 Å². The number of rotatable bonds is 2. The Morgan fingerprint density at radius 3 is 2.88 bits per heavy atom. The lowest BCUT2D eigenvalue weighted by molar-refractivity contribution is -0.136. The summed E-state index contributed by atoms with van der Waals surface area (Å²) in [6, 6.07) is -0.0726. The molecule has 0 aliphatic carbocycles. The number of carbonyl (C=O) groups is 2. The molecule has 5 nitrogen and oxygen atoms in total. The first kappa shape index (κ1) is 11.7. The van der Waals surface area contributed by atoms with E-state index >= 15 is 0 Å². The molecule has 2 amide bonds. The molecule has 16 heavy (non-hydrogen) atoms. The minimum atomic E-state index is -0.286. The van der Waals surface area contributed by atoms with Gasteiger partial charge in [-0.05, 0) is 12.8 Å². The quantitative estimate of drug-likeness (QED) is 0.677. The first-order chi connectivity index (χ1) is 7.68. The Hall–Kier alpha value is -0.750. The van der Waals surface area contributed by atoms with Crippen LogP contribution in [0.25, 0.3) is 0 Å². The Morgan fingerprint density at radius 2 is 2.25 bits per heavy atom. The second-order valence-electron chi connectivity index (χ2n) is 4.30.